The van der Waals surface area contributed by atoms with Gasteiger partial charge in [0.1, 0.15) is 5.82 Å². The van der Waals surface area contributed by atoms with Crippen molar-refractivity contribution in [1.29, 1.82) is 0 Å². The van der Waals surface area contributed by atoms with Gasteiger partial charge < -0.3 is 0 Å². The van der Waals surface area contributed by atoms with E-state index < -0.39 is 5.91 Å². The molecule has 0 heterocycles. The largest absolute Gasteiger partial charge is 0.298 e. The number of rotatable bonds is 4. The van der Waals surface area contributed by atoms with E-state index in [0.29, 0.717) is 10.6 Å². The van der Waals surface area contributed by atoms with Gasteiger partial charge >= 0.3 is 0 Å². The summed E-state index contributed by atoms with van der Waals surface area (Å²) in [6, 6.07) is 12.5. The van der Waals surface area contributed by atoms with Crippen molar-refractivity contribution in [3.8, 4) is 0 Å². The molecule has 0 bridgehead atoms. The fourth-order valence-electron chi connectivity index (χ4n) is 1.89. The maximum atomic E-state index is 12.8. The number of benzene rings is 2. The highest BCUT2D eigenvalue weighted by Crippen LogP contribution is 2.09. The molecular weight excluding hydrogens is 377 g/mol. The van der Waals surface area contributed by atoms with Crippen LogP contribution in [-0.4, -0.2) is 16.9 Å². The second kappa shape index (κ2) is 9.65. The highest BCUT2D eigenvalue weighted by atomic mass is 35.5. The van der Waals surface area contributed by atoms with Crippen LogP contribution in [0.15, 0.2) is 54.6 Å². The summed E-state index contributed by atoms with van der Waals surface area (Å²) in [6.07, 6.45) is 2.89. The first-order valence-electron chi connectivity index (χ1n) is 7.50. The molecule has 0 aliphatic heterocycles. The number of hydrazine groups is 1. The minimum atomic E-state index is -0.487. The lowest BCUT2D eigenvalue weighted by molar-refractivity contribution is -0.121. The topological polar surface area (TPSA) is 70.2 Å². The fourth-order valence-corrected chi connectivity index (χ4v) is 2.17. The average molecular weight is 392 g/mol. The van der Waals surface area contributed by atoms with Crippen LogP contribution >= 0.6 is 23.8 Å². The normalized spacial score (nSPS) is 10.4. The molecule has 0 aliphatic carbocycles. The van der Waals surface area contributed by atoms with E-state index in [1.54, 1.807) is 24.3 Å². The maximum Gasteiger partial charge on any atom is 0.250 e. The molecule has 0 atom stereocenters. The van der Waals surface area contributed by atoms with E-state index in [1.165, 1.54) is 36.4 Å². The number of hydrogen-bond donors (Lipinski definition) is 3. The minimum absolute atomic E-state index is 0.0526. The fraction of sp³-hybridized carbons (Fsp3) is 0.0556. The first kappa shape index (κ1) is 19.6. The Morgan fingerprint density at radius 3 is 2.35 bits per heavy atom. The average Bonchev–Trinajstić information content (AvgIpc) is 2.61. The molecule has 0 radical (unpaired) electrons. The van der Waals surface area contributed by atoms with Crippen molar-refractivity contribution in [2.24, 2.45) is 0 Å². The third-order valence-corrected chi connectivity index (χ3v) is 3.58. The Labute approximate surface area is 160 Å². The standard InChI is InChI=1S/C18H15ClFN3O2S/c19-14-6-1-13(2-7-14)11-17(25)22-23-18(26)21-16(24)10-5-12-3-8-15(20)9-4-12/h1-10H,11H2,(H,22,25)(H2,21,23,24,26)/b10-5+. The third-order valence-electron chi connectivity index (χ3n) is 3.13. The van der Waals surface area contributed by atoms with Crippen molar-refractivity contribution in [2.45, 2.75) is 6.42 Å². The quantitative estimate of drug-likeness (QED) is 0.426. The van der Waals surface area contributed by atoms with E-state index in [1.807, 2.05) is 0 Å². The molecule has 0 unspecified atom stereocenters. The molecule has 0 aromatic heterocycles. The zero-order valence-corrected chi connectivity index (χ0v) is 15.0. The predicted octanol–water partition coefficient (Wildman–Crippen LogP) is 2.76. The van der Waals surface area contributed by atoms with E-state index in [9.17, 15) is 14.0 Å². The van der Waals surface area contributed by atoms with Gasteiger partial charge in [0, 0.05) is 11.1 Å². The lowest BCUT2D eigenvalue weighted by Crippen LogP contribution is -2.48. The Morgan fingerprint density at radius 2 is 1.69 bits per heavy atom. The number of hydrogen-bond acceptors (Lipinski definition) is 3. The summed E-state index contributed by atoms with van der Waals surface area (Å²) >= 11 is 10.7. The maximum absolute atomic E-state index is 12.8. The number of carbonyl (C=O) groups is 2. The minimum Gasteiger partial charge on any atom is -0.298 e. The van der Waals surface area contributed by atoms with Gasteiger partial charge in [-0.2, -0.15) is 0 Å². The number of halogens is 2. The smallest absolute Gasteiger partial charge is 0.250 e. The van der Waals surface area contributed by atoms with Gasteiger partial charge in [-0.1, -0.05) is 35.9 Å². The van der Waals surface area contributed by atoms with E-state index in [4.69, 9.17) is 23.8 Å². The molecule has 2 amide bonds. The zero-order chi connectivity index (χ0) is 18.9. The van der Waals surface area contributed by atoms with Crippen molar-refractivity contribution in [3.63, 3.8) is 0 Å². The molecular formula is C18H15ClFN3O2S. The lowest BCUT2D eigenvalue weighted by atomic mass is 10.1. The van der Waals surface area contributed by atoms with E-state index >= 15 is 0 Å². The van der Waals surface area contributed by atoms with Crippen molar-refractivity contribution in [2.75, 3.05) is 0 Å². The number of thiocarbonyl (C=S) groups is 1. The molecule has 0 aliphatic rings. The van der Waals surface area contributed by atoms with Crippen LogP contribution in [0.5, 0.6) is 0 Å². The van der Waals surface area contributed by atoms with Crippen LogP contribution < -0.4 is 16.2 Å². The molecule has 0 saturated heterocycles. The molecule has 2 aromatic rings. The predicted molar refractivity (Wildman–Crippen MR) is 103 cm³/mol. The molecule has 8 heteroatoms. The summed E-state index contributed by atoms with van der Waals surface area (Å²) in [5.41, 5.74) is 6.28. The van der Waals surface area contributed by atoms with Crippen molar-refractivity contribution in [1.82, 2.24) is 16.2 Å². The van der Waals surface area contributed by atoms with Crippen LogP contribution in [0.4, 0.5) is 4.39 Å². The SMILES string of the molecule is O=C(/C=C/c1ccc(F)cc1)NC(=S)NNC(=O)Cc1ccc(Cl)cc1. The van der Waals surface area contributed by atoms with Gasteiger partial charge in [0.05, 0.1) is 6.42 Å². The molecule has 0 saturated carbocycles. The summed E-state index contributed by atoms with van der Waals surface area (Å²) in [6.45, 7) is 0. The number of carbonyl (C=O) groups excluding carboxylic acids is 2. The monoisotopic (exact) mass is 391 g/mol. The van der Waals surface area contributed by atoms with Gasteiger partial charge in [0.15, 0.2) is 5.11 Å². The van der Waals surface area contributed by atoms with Gasteiger partial charge in [-0.25, -0.2) is 4.39 Å². The van der Waals surface area contributed by atoms with E-state index in [-0.39, 0.29) is 23.3 Å². The van der Waals surface area contributed by atoms with Crippen molar-refractivity contribution in [3.05, 3.63) is 76.6 Å². The third kappa shape index (κ3) is 7.00. The summed E-state index contributed by atoms with van der Waals surface area (Å²) in [5.74, 6) is -1.17. The number of amides is 2. The second-order valence-corrected chi connectivity index (χ2v) is 6.02. The first-order valence-corrected chi connectivity index (χ1v) is 8.29. The first-order chi connectivity index (χ1) is 12.4. The molecule has 0 fully saturated rings. The zero-order valence-electron chi connectivity index (χ0n) is 13.5. The van der Waals surface area contributed by atoms with E-state index in [2.05, 4.69) is 16.2 Å². The highest BCUT2D eigenvalue weighted by molar-refractivity contribution is 7.80. The Hall–Kier alpha value is -2.77. The summed E-state index contributed by atoms with van der Waals surface area (Å²) in [7, 11) is 0. The van der Waals surface area contributed by atoms with Gasteiger partial charge in [0.2, 0.25) is 11.8 Å². The Balaban J connectivity index is 1.73. The summed E-state index contributed by atoms with van der Waals surface area (Å²) in [5, 5.41) is 2.91. The van der Waals surface area contributed by atoms with Crippen LogP contribution in [0.25, 0.3) is 6.08 Å². The molecule has 3 N–H and O–H groups in total. The Morgan fingerprint density at radius 1 is 1.04 bits per heavy atom. The van der Waals surface area contributed by atoms with Crippen LogP contribution in [-0.2, 0) is 16.0 Å². The molecule has 26 heavy (non-hydrogen) atoms. The van der Waals surface area contributed by atoms with Gasteiger partial charge in [0.25, 0.3) is 0 Å². The van der Waals surface area contributed by atoms with Crippen LogP contribution in [0.1, 0.15) is 11.1 Å². The highest BCUT2D eigenvalue weighted by Gasteiger charge is 2.05. The van der Waals surface area contributed by atoms with Crippen LogP contribution in [0.2, 0.25) is 5.02 Å². The molecule has 5 nitrogen and oxygen atoms in total. The van der Waals surface area contributed by atoms with Crippen molar-refractivity contribution < 1.29 is 14.0 Å². The van der Waals surface area contributed by atoms with E-state index in [0.717, 1.165) is 5.56 Å². The Bertz CT molecular complexity index is 823. The van der Waals surface area contributed by atoms with Crippen LogP contribution in [0, 0.1) is 5.82 Å². The lowest BCUT2D eigenvalue weighted by Gasteiger charge is -2.09. The molecule has 134 valence electrons. The molecule has 0 spiro atoms. The van der Waals surface area contributed by atoms with Gasteiger partial charge in [-0.3, -0.25) is 25.8 Å². The Kier molecular flexibility index (Phi) is 7.25. The molecule has 2 rings (SSSR count). The van der Waals surface area contributed by atoms with Gasteiger partial charge in [-0.05, 0) is 53.7 Å². The van der Waals surface area contributed by atoms with Crippen molar-refractivity contribution >= 4 is 46.8 Å². The number of nitrogens with one attached hydrogen (secondary N) is 3. The molecule has 2 aromatic carbocycles. The summed E-state index contributed by atoms with van der Waals surface area (Å²) in [4.78, 5) is 23.5. The van der Waals surface area contributed by atoms with Crippen LogP contribution in [0.3, 0.4) is 0 Å². The summed E-state index contributed by atoms with van der Waals surface area (Å²) < 4.78 is 12.8. The second-order valence-electron chi connectivity index (χ2n) is 5.18. The van der Waals surface area contributed by atoms with Gasteiger partial charge in [-0.15, -0.1) is 0 Å².